The minimum absolute atomic E-state index is 0.0477. The van der Waals surface area contributed by atoms with Crippen molar-refractivity contribution in [2.24, 2.45) is 11.8 Å². The van der Waals surface area contributed by atoms with Crippen molar-refractivity contribution in [3.05, 3.63) is 29.3 Å². The first kappa shape index (κ1) is 13.6. The molecule has 1 saturated carbocycles. The summed E-state index contributed by atoms with van der Waals surface area (Å²) < 4.78 is 10.9. The van der Waals surface area contributed by atoms with E-state index in [2.05, 4.69) is 0 Å². The summed E-state index contributed by atoms with van der Waals surface area (Å²) in [5.41, 5.74) is -0.239. The van der Waals surface area contributed by atoms with E-state index >= 15 is 0 Å². The van der Waals surface area contributed by atoms with Gasteiger partial charge in [-0.15, -0.1) is 0 Å². The van der Waals surface area contributed by atoms with Crippen LogP contribution in [0.25, 0.3) is 0 Å². The molecule has 1 aliphatic heterocycles. The van der Waals surface area contributed by atoms with Gasteiger partial charge in [-0.2, -0.15) is 0 Å². The zero-order valence-electron chi connectivity index (χ0n) is 12.3. The van der Waals surface area contributed by atoms with Crippen LogP contribution in [0, 0.1) is 11.8 Å². The summed E-state index contributed by atoms with van der Waals surface area (Å²) in [6.45, 7) is 1.29. The van der Waals surface area contributed by atoms with Crippen LogP contribution in [0.4, 0.5) is 0 Å². The Balaban J connectivity index is 1.82. The molecule has 2 N–H and O–H groups in total. The Hall–Kier alpha value is -1.10. The highest BCUT2D eigenvalue weighted by molar-refractivity contribution is 5.44. The lowest BCUT2D eigenvalue weighted by Crippen LogP contribution is -2.63. The Kier molecular flexibility index (Phi) is 2.87. The van der Waals surface area contributed by atoms with Crippen LogP contribution in [0.5, 0.6) is 5.75 Å². The molecule has 4 rings (SSSR count). The molecule has 21 heavy (non-hydrogen) atoms. The van der Waals surface area contributed by atoms with Gasteiger partial charge in [-0.1, -0.05) is 6.07 Å². The van der Waals surface area contributed by atoms with Crippen LogP contribution >= 0.6 is 0 Å². The Morgan fingerprint density at radius 2 is 2.10 bits per heavy atom. The van der Waals surface area contributed by atoms with E-state index < -0.39 is 11.2 Å². The number of rotatable bonds is 1. The smallest absolute Gasteiger partial charge is 0.119 e. The lowest BCUT2D eigenvalue weighted by molar-refractivity contribution is -0.225. The molecule has 2 aliphatic carbocycles. The second-order valence-corrected chi connectivity index (χ2v) is 6.75. The van der Waals surface area contributed by atoms with E-state index in [0.717, 1.165) is 36.3 Å². The quantitative estimate of drug-likeness (QED) is 0.825. The number of benzene rings is 1. The Labute approximate surface area is 124 Å². The fraction of sp³-hybridized carbons (Fsp3) is 0.647. The van der Waals surface area contributed by atoms with Crippen LogP contribution in [0.1, 0.15) is 30.4 Å². The van der Waals surface area contributed by atoms with Crippen LogP contribution in [-0.2, 0) is 16.8 Å². The van der Waals surface area contributed by atoms with Gasteiger partial charge in [0, 0.05) is 12.5 Å². The molecule has 0 spiro atoms. The van der Waals surface area contributed by atoms with Crippen LogP contribution in [0.3, 0.4) is 0 Å². The number of ether oxygens (including phenoxy) is 2. The Morgan fingerprint density at radius 1 is 1.24 bits per heavy atom. The van der Waals surface area contributed by atoms with Crippen molar-refractivity contribution in [1.29, 1.82) is 0 Å². The number of aryl methyl sites for hydroxylation is 1. The summed E-state index contributed by atoms with van der Waals surface area (Å²) in [7, 11) is 1.65. The van der Waals surface area contributed by atoms with Crippen LogP contribution in [0.15, 0.2) is 18.2 Å². The van der Waals surface area contributed by atoms with Crippen molar-refractivity contribution in [1.82, 2.24) is 0 Å². The molecule has 1 heterocycles. The molecule has 0 bridgehead atoms. The van der Waals surface area contributed by atoms with Crippen LogP contribution in [-0.4, -0.2) is 36.1 Å². The monoisotopic (exact) mass is 290 g/mol. The average Bonchev–Trinajstić information content (AvgIpc) is 2.98. The summed E-state index contributed by atoms with van der Waals surface area (Å²) in [5.74, 6) is 1.24. The third kappa shape index (κ3) is 1.67. The molecule has 4 heteroatoms. The molecule has 0 amide bonds. The van der Waals surface area contributed by atoms with Gasteiger partial charge in [0.1, 0.15) is 17.0 Å². The summed E-state index contributed by atoms with van der Waals surface area (Å²) >= 11 is 0. The number of methoxy groups -OCH3 is 1. The van der Waals surface area contributed by atoms with Crippen molar-refractivity contribution in [3.8, 4) is 5.75 Å². The Bertz CT molecular complexity index is 572. The molecule has 3 aliphatic rings. The fourth-order valence-electron chi connectivity index (χ4n) is 4.72. The topological polar surface area (TPSA) is 58.9 Å². The molecular weight excluding hydrogens is 268 g/mol. The first-order chi connectivity index (χ1) is 10.1. The van der Waals surface area contributed by atoms with Crippen LogP contribution < -0.4 is 4.74 Å². The second kappa shape index (κ2) is 4.45. The maximum atomic E-state index is 11.4. The highest BCUT2D eigenvalue weighted by atomic mass is 16.5. The van der Waals surface area contributed by atoms with Crippen molar-refractivity contribution in [3.63, 3.8) is 0 Å². The van der Waals surface area contributed by atoms with Crippen molar-refractivity contribution in [2.45, 2.75) is 36.9 Å². The number of fused-ring (bicyclic) bond motifs is 5. The largest absolute Gasteiger partial charge is 0.497 e. The summed E-state index contributed by atoms with van der Waals surface area (Å²) in [6, 6.07) is 5.79. The van der Waals surface area contributed by atoms with Gasteiger partial charge in [0.05, 0.1) is 13.7 Å². The number of hydrogen-bond acceptors (Lipinski definition) is 4. The maximum Gasteiger partial charge on any atom is 0.119 e. The van der Waals surface area contributed by atoms with Gasteiger partial charge in [-0.05, 0) is 54.9 Å². The fourth-order valence-corrected chi connectivity index (χ4v) is 4.72. The van der Waals surface area contributed by atoms with Gasteiger partial charge in [0.15, 0.2) is 0 Å². The predicted molar refractivity (Wildman–Crippen MR) is 77.2 cm³/mol. The van der Waals surface area contributed by atoms with E-state index in [0.29, 0.717) is 25.4 Å². The average molecular weight is 290 g/mol. The molecule has 1 aromatic rings. The highest BCUT2D eigenvalue weighted by Gasteiger charge is 2.62. The van der Waals surface area contributed by atoms with Crippen LogP contribution in [0.2, 0.25) is 0 Å². The third-order valence-corrected chi connectivity index (χ3v) is 5.94. The molecule has 1 aromatic carbocycles. The standard InChI is InChI=1S/C17H22O4/c1-20-13-2-3-14-11(8-13)4-6-17(19)15-10-21-9-12(15)5-7-16(14,17)18/h2-3,8,12,15,18-19H,4-7,9-10H2,1H3/t12-,15+,16-,17-/m0/s1. The minimum atomic E-state index is -1.15. The lowest BCUT2D eigenvalue weighted by atomic mass is 9.55. The molecule has 2 fully saturated rings. The lowest BCUT2D eigenvalue weighted by Gasteiger charge is -2.55. The molecule has 4 nitrogen and oxygen atoms in total. The summed E-state index contributed by atoms with van der Waals surface area (Å²) in [4.78, 5) is 0. The zero-order valence-corrected chi connectivity index (χ0v) is 12.3. The zero-order chi connectivity index (χ0) is 14.7. The van der Waals surface area contributed by atoms with Gasteiger partial charge >= 0.3 is 0 Å². The van der Waals surface area contributed by atoms with E-state index in [1.54, 1.807) is 7.11 Å². The molecule has 0 radical (unpaired) electrons. The van der Waals surface area contributed by atoms with Gasteiger partial charge in [-0.25, -0.2) is 0 Å². The number of aliphatic hydroxyl groups is 2. The van der Waals surface area contributed by atoms with Gasteiger partial charge < -0.3 is 19.7 Å². The van der Waals surface area contributed by atoms with Crippen molar-refractivity contribution >= 4 is 0 Å². The molecule has 0 unspecified atom stereocenters. The first-order valence-electron chi connectivity index (χ1n) is 7.78. The molecule has 1 saturated heterocycles. The van der Waals surface area contributed by atoms with E-state index in [-0.39, 0.29) is 5.92 Å². The summed E-state index contributed by atoms with van der Waals surface area (Å²) in [6.07, 6.45) is 2.88. The SMILES string of the molecule is COc1ccc2c(c1)CC[C@]1(O)[C@@H]3COC[C@@H]3CC[C@]21O. The van der Waals surface area contributed by atoms with Crippen molar-refractivity contribution < 1.29 is 19.7 Å². The minimum Gasteiger partial charge on any atom is -0.497 e. The maximum absolute atomic E-state index is 11.4. The van der Waals surface area contributed by atoms with Crippen molar-refractivity contribution in [2.75, 3.05) is 20.3 Å². The van der Waals surface area contributed by atoms with Gasteiger partial charge in [0.2, 0.25) is 0 Å². The van der Waals surface area contributed by atoms with E-state index in [4.69, 9.17) is 9.47 Å². The first-order valence-corrected chi connectivity index (χ1v) is 7.78. The molecule has 114 valence electrons. The predicted octanol–water partition coefficient (Wildman–Crippen LogP) is 1.62. The number of hydrogen-bond donors (Lipinski definition) is 2. The van der Waals surface area contributed by atoms with E-state index in [1.807, 2.05) is 18.2 Å². The van der Waals surface area contributed by atoms with Gasteiger partial charge in [-0.3, -0.25) is 0 Å². The second-order valence-electron chi connectivity index (χ2n) is 6.75. The third-order valence-electron chi connectivity index (χ3n) is 5.94. The summed E-state index contributed by atoms with van der Waals surface area (Å²) in [5, 5.41) is 22.7. The normalized spacial score (nSPS) is 41.1. The molecule has 0 aromatic heterocycles. The van der Waals surface area contributed by atoms with E-state index in [9.17, 15) is 10.2 Å². The highest BCUT2D eigenvalue weighted by Crippen LogP contribution is 2.56. The molecular formula is C17H22O4. The Morgan fingerprint density at radius 3 is 2.90 bits per heavy atom. The van der Waals surface area contributed by atoms with Gasteiger partial charge in [0.25, 0.3) is 0 Å². The molecule has 4 atom stereocenters. The van der Waals surface area contributed by atoms with E-state index in [1.165, 1.54) is 0 Å².